The Bertz CT molecular complexity index is 318. The van der Waals surface area contributed by atoms with Crippen molar-refractivity contribution < 1.29 is 9.59 Å². The maximum absolute atomic E-state index is 12.5. The fraction of sp³-hybridized carbons (Fsp3) is 0.857. The lowest BCUT2D eigenvalue weighted by atomic mass is 9.86. The van der Waals surface area contributed by atoms with E-state index in [0.29, 0.717) is 18.9 Å². The molecule has 0 aromatic rings. The van der Waals surface area contributed by atoms with Crippen LogP contribution in [-0.2, 0) is 9.59 Å². The van der Waals surface area contributed by atoms with Crippen LogP contribution in [0.5, 0.6) is 0 Å². The van der Waals surface area contributed by atoms with Crippen LogP contribution in [0.3, 0.4) is 0 Å². The van der Waals surface area contributed by atoms with E-state index in [1.807, 2.05) is 25.7 Å². The van der Waals surface area contributed by atoms with Crippen molar-refractivity contribution in [1.82, 2.24) is 10.2 Å². The van der Waals surface area contributed by atoms with Gasteiger partial charge in [0.25, 0.3) is 0 Å². The first-order valence-electron chi connectivity index (χ1n) is 6.80. The van der Waals surface area contributed by atoms with E-state index < -0.39 is 6.04 Å². The maximum atomic E-state index is 12.5. The van der Waals surface area contributed by atoms with Gasteiger partial charge in [0.05, 0.1) is 0 Å². The largest absolute Gasteiger partial charge is 0.344 e. The zero-order chi connectivity index (χ0) is 13.9. The van der Waals surface area contributed by atoms with E-state index in [4.69, 9.17) is 0 Å². The van der Waals surface area contributed by atoms with Crippen LogP contribution in [0.4, 0.5) is 0 Å². The first-order chi connectivity index (χ1) is 8.21. The summed E-state index contributed by atoms with van der Waals surface area (Å²) in [7, 11) is 0. The number of rotatable bonds is 3. The van der Waals surface area contributed by atoms with E-state index in [0.717, 1.165) is 13.0 Å². The first kappa shape index (κ1) is 15.0. The molecule has 1 aliphatic rings. The summed E-state index contributed by atoms with van der Waals surface area (Å²) in [4.78, 5) is 26.0. The Morgan fingerprint density at radius 2 is 1.94 bits per heavy atom. The van der Waals surface area contributed by atoms with Gasteiger partial charge in [-0.15, -0.1) is 0 Å². The molecular formula is C14H26N2O2. The Kier molecular flexibility index (Phi) is 4.77. The summed E-state index contributed by atoms with van der Waals surface area (Å²) in [6.07, 6.45) is 1.40. The van der Waals surface area contributed by atoms with E-state index in [2.05, 4.69) is 19.2 Å². The topological polar surface area (TPSA) is 49.4 Å². The lowest BCUT2D eigenvalue weighted by Crippen LogP contribution is -2.52. The first-order valence-corrected chi connectivity index (χ1v) is 6.80. The van der Waals surface area contributed by atoms with Gasteiger partial charge in [0, 0.05) is 19.5 Å². The zero-order valence-corrected chi connectivity index (χ0v) is 12.2. The Morgan fingerprint density at radius 3 is 2.44 bits per heavy atom. The summed E-state index contributed by atoms with van der Waals surface area (Å²) in [6, 6.07) is -0.403. The number of hydrogen-bond donors (Lipinski definition) is 1. The Hall–Kier alpha value is -1.06. The van der Waals surface area contributed by atoms with Gasteiger partial charge in [-0.2, -0.15) is 0 Å². The predicted octanol–water partition coefficient (Wildman–Crippen LogP) is 1.80. The molecule has 1 unspecified atom stereocenters. The van der Waals surface area contributed by atoms with Gasteiger partial charge in [0.1, 0.15) is 6.04 Å². The van der Waals surface area contributed by atoms with Gasteiger partial charge in [-0.25, -0.2) is 0 Å². The standard InChI is InChI=1S/C14H26N2O2/c1-10(2)6-8-16-9-7-11(17)15-12(13(16)18)14(3,4)5/h10,12H,6-9H2,1-5H3,(H,15,17). The fourth-order valence-electron chi connectivity index (χ4n) is 2.05. The molecule has 104 valence electrons. The molecule has 4 nitrogen and oxygen atoms in total. The van der Waals surface area contributed by atoms with E-state index in [-0.39, 0.29) is 17.2 Å². The maximum Gasteiger partial charge on any atom is 0.245 e. The molecule has 0 aliphatic carbocycles. The summed E-state index contributed by atoms with van der Waals surface area (Å²) in [5.74, 6) is 0.613. The molecule has 4 heteroatoms. The summed E-state index contributed by atoms with van der Waals surface area (Å²) in [6.45, 7) is 11.5. The highest BCUT2D eigenvalue weighted by Crippen LogP contribution is 2.23. The molecule has 1 N–H and O–H groups in total. The predicted molar refractivity (Wildman–Crippen MR) is 72.0 cm³/mol. The average molecular weight is 254 g/mol. The minimum absolute atomic E-state index is 0.0182. The summed E-state index contributed by atoms with van der Waals surface area (Å²) in [5, 5.41) is 2.86. The van der Waals surface area contributed by atoms with Crippen molar-refractivity contribution in [2.75, 3.05) is 13.1 Å². The van der Waals surface area contributed by atoms with Crippen LogP contribution in [0.15, 0.2) is 0 Å². The molecule has 0 aromatic carbocycles. The number of amides is 2. The molecule has 1 atom stereocenters. The van der Waals surface area contributed by atoms with E-state index >= 15 is 0 Å². The van der Waals surface area contributed by atoms with Crippen molar-refractivity contribution in [2.45, 2.75) is 53.5 Å². The average Bonchev–Trinajstić information content (AvgIpc) is 2.36. The molecule has 0 spiro atoms. The normalized spacial score (nSPS) is 22.1. The van der Waals surface area contributed by atoms with Gasteiger partial charge < -0.3 is 10.2 Å². The molecule has 0 radical (unpaired) electrons. The van der Waals surface area contributed by atoms with Crippen molar-refractivity contribution in [2.24, 2.45) is 11.3 Å². The molecule has 1 heterocycles. The second-order valence-corrected chi connectivity index (χ2v) is 6.62. The van der Waals surface area contributed by atoms with Crippen LogP contribution >= 0.6 is 0 Å². The van der Waals surface area contributed by atoms with Crippen LogP contribution in [0.1, 0.15) is 47.5 Å². The molecule has 0 aromatic heterocycles. The van der Waals surface area contributed by atoms with E-state index in [1.165, 1.54) is 0 Å². The summed E-state index contributed by atoms with van der Waals surface area (Å²) < 4.78 is 0. The molecule has 1 fully saturated rings. The van der Waals surface area contributed by atoms with Crippen LogP contribution in [0.25, 0.3) is 0 Å². The molecule has 0 bridgehead atoms. The number of nitrogens with zero attached hydrogens (tertiary/aromatic N) is 1. The van der Waals surface area contributed by atoms with E-state index in [9.17, 15) is 9.59 Å². The van der Waals surface area contributed by atoms with Gasteiger partial charge in [-0.05, 0) is 17.8 Å². The number of nitrogens with one attached hydrogen (secondary N) is 1. The Morgan fingerprint density at radius 1 is 1.33 bits per heavy atom. The molecular weight excluding hydrogens is 228 g/mol. The summed E-state index contributed by atoms with van der Waals surface area (Å²) in [5.41, 5.74) is -0.243. The SMILES string of the molecule is CC(C)CCN1CCC(=O)NC(C(C)(C)C)C1=O. The summed E-state index contributed by atoms with van der Waals surface area (Å²) >= 11 is 0. The van der Waals surface area contributed by atoms with Crippen LogP contribution in [0.2, 0.25) is 0 Å². The van der Waals surface area contributed by atoms with Crippen molar-refractivity contribution >= 4 is 11.8 Å². The highest BCUT2D eigenvalue weighted by atomic mass is 16.2. The molecule has 1 saturated heterocycles. The number of hydrogen-bond acceptors (Lipinski definition) is 2. The van der Waals surface area contributed by atoms with Gasteiger partial charge in [-0.3, -0.25) is 9.59 Å². The van der Waals surface area contributed by atoms with Gasteiger partial charge in [-0.1, -0.05) is 34.6 Å². The smallest absolute Gasteiger partial charge is 0.245 e. The van der Waals surface area contributed by atoms with Crippen molar-refractivity contribution in [3.8, 4) is 0 Å². The lowest BCUT2D eigenvalue weighted by Gasteiger charge is -2.32. The van der Waals surface area contributed by atoms with E-state index in [1.54, 1.807) is 0 Å². The minimum Gasteiger partial charge on any atom is -0.344 e. The van der Waals surface area contributed by atoms with Gasteiger partial charge in [0.15, 0.2) is 0 Å². The Labute approximate surface area is 110 Å². The monoisotopic (exact) mass is 254 g/mol. The quantitative estimate of drug-likeness (QED) is 0.835. The Balaban J connectivity index is 2.80. The number of carbonyl (C=O) groups excluding carboxylic acids is 2. The molecule has 1 rings (SSSR count). The highest BCUT2D eigenvalue weighted by molar-refractivity contribution is 5.90. The van der Waals surface area contributed by atoms with Crippen molar-refractivity contribution in [3.63, 3.8) is 0 Å². The molecule has 18 heavy (non-hydrogen) atoms. The molecule has 1 aliphatic heterocycles. The van der Waals surface area contributed by atoms with Crippen LogP contribution in [-0.4, -0.2) is 35.8 Å². The third-order valence-corrected chi connectivity index (χ3v) is 3.32. The highest BCUT2D eigenvalue weighted by Gasteiger charge is 2.37. The third kappa shape index (κ3) is 4.00. The fourth-order valence-corrected chi connectivity index (χ4v) is 2.05. The second kappa shape index (κ2) is 5.72. The van der Waals surface area contributed by atoms with Gasteiger partial charge >= 0.3 is 0 Å². The molecule has 2 amide bonds. The minimum atomic E-state index is -0.403. The van der Waals surface area contributed by atoms with Gasteiger partial charge in [0.2, 0.25) is 11.8 Å². The van der Waals surface area contributed by atoms with Crippen LogP contribution < -0.4 is 5.32 Å². The van der Waals surface area contributed by atoms with Crippen LogP contribution in [0, 0.1) is 11.3 Å². The van der Waals surface area contributed by atoms with Crippen molar-refractivity contribution in [3.05, 3.63) is 0 Å². The number of carbonyl (C=O) groups is 2. The zero-order valence-electron chi connectivity index (χ0n) is 12.2. The molecule has 0 saturated carbocycles. The van der Waals surface area contributed by atoms with Crippen molar-refractivity contribution in [1.29, 1.82) is 0 Å². The lowest BCUT2D eigenvalue weighted by molar-refractivity contribution is -0.136. The second-order valence-electron chi connectivity index (χ2n) is 6.62. The third-order valence-electron chi connectivity index (χ3n) is 3.32.